The van der Waals surface area contributed by atoms with E-state index in [9.17, 15) is 4.79 Å². The number of thiazole rings is 1. The zero-order valence-electron chi connectivity index (χ0n) is 12.5. The van der Waals surface area contributed by atoms with E-state index in [1.807, 2.05) is 66.9 Å². The fourth-order valence-electron chi connectivity index (χ4n) is 2.13. The van der Waals surface area contributed by atoms with E-state index in [0.717, 1.165) is 16.8 Å². The molecule has 1 heterocycles. The Bertz CT molecular complexity index is 799. The molecule has 23 heavy (non-hydrogen) atoms. The third kappa shape index (κ3) is 3.78. The van der Waals surface area contributed by atoms with E-state index in [4.69, 9.17) is 11.6 Å². The minimum absolute atomic E-state index is 0.275. The Balaban J connectivity index is 1.71. The normalized spacial score (nSPS) is 11.9. The second kappa shape index (κ2) is 6.94. The number of alkyl halides is 1. The van der Waals surface area contributed by atoms with E-state index in [-0.39, 0.29) is 5.91 Å². The van der Waals surface area contributed by atoms with Crippen LogP contribution in [-0.4, -0.2) is 10.9 Å². The van der Waals surface area contributed by atoms with Crippen molar-refractivity contribution in [2.24, 2.45) is 0 Å². The van der Waals surface area contributed by atoms with Crippen LogP contribution >= 0.6 is 22.9 Å². The molecule has 0 radical (unpaired) electrons. The lowest BCUT2D eigenvalue weighted by Crippen LogP contribution is -2.17. The summed E-state index contributed by atoms with van der Waals surface area (Å²) in [7, 11) is 0. The molecule has 0 fully saturated rings. The molecule has 116 valence electrons. The number of hydrogen-bond acceptors (Lipinski definition) is 3. The van der Waals surface area contributed by atoms with Crippen LogP contribution in [0.4, 0.5) is 5.13 Å². The van der Waals surface area contributed by atoms with Gasteiger partial charge in [-0.25, -0.2) is 4.98 Å². The van der Waals surface area contributed by atoms with Gasteiger partial charge < -0.3 is 5.32 Å². The molecule has 3 nitrogen and oxygen atoms in total. The van der Waals surface area contributed by atoms with E-state index in [0.29, 0.717) is 5.13 Å². The first kappa shape index (κ1) is 15.7. The van der Waals surface area contributed by atoms with E-state index >= 15 is 0 Å². The van der Waals surface area contributed by atoms with Crippen LogP contribution < -0.4 is 5.32 Å². The number of nitrogens with one attached hydrogen (secondary N) is 1. The van der Waals surface area contributed by atoms with Crippen LogP contribution in [0.5, 0.6) is 0 Å². The molecule has 3 rings (SSSR count). The average Bonchev–Trinajstić information content (AvgIpc) is 3.04. The van der Waals surface area contributed by atoms with Gasteiger partial charge in [0.1, 0.15) is 5.38 Å². The largest absolute Gasteiger partial charge is 0.300 e. The second-order valence-electron chi connectivity index (χ2n) is 5.17. The van der Waals surface area contributed by atoms with Gasteiger partial charge in [0.2, 0.25) is 5.91 Å². The van der Waals surface area contributed by atoms with Crippen molar-refractivity contribution in [3.05, 3.63) is 71.1 Å². The molecule has 0 unspecified atom stereocenters. The van der Waals surface area contributed by atoms with Crippen molar-refractivity contribution in [2.75, 3.05) is 5.32 Å². The molecule has 1 atom stereocenters. The maximum Gasteiger partial charge on any atom is 0.248 e. The Morgan fingerprint density at radius 2 is 1.83 bits per heavy atom. The smallest absolute Gasteiger partial charge is 0.248 e. The Hall–Kier alpha value is -2.17. The molecule has 0 aliphatic heterocycles. The molecule has 0 saturated carbocycles. The SMILES string of the molecule is Cc1ccc(-c2csc(NC(=O)[C@@H](Cl)c3ccccc3)n2)cc1. The molecule has 1 amide bonds. The minimum Gasteiger partial charge on any atom is -0.300 e. The number of benzene rings is 2. The summed E-state index contributed by atoms with van der Waals surface area (Å²) in [6.45, 7) is 2.04. The van der Waals surface area contributed by atoms with Crippen molar-refractivity contribution in [2.45, 2.75) is 12.3 Å². The monoisotopic (exact) mass is 342 g/mol. The quantitative estimate of drug-likeness (QED) is 0.675. The Morgan fingerprint density at radius 1 is 1.13 bits per heavy atom. The molecule has 0 saturated heterocycles. The highest BCUT2D eigenvalue weighted by Gasteiger charge is 2.18. The third-order valence-electron chi connectivity index (χ3n) is 3.40. The summed E-state index contributed by atoms with van der Waals surface area (Å²) in [6, 6.07) is 17.4. The summed E-state index contributed by atoms with van der Waals surface area (Å²) in [6.07, 6.45) is 0. The second-order valence-corrected chi connectivity index (χ2v) is 6.46. The Labute approximate surface area is 144 Å². The van der Waals surface area contributed by atoms with E-state index in [1.54, 1.807) is 0 Å². The standard InChI is InChI=1S/C18H15ClN2OS/c1-12-7-9-13(10-8-12)15-11-23-18(20-15)21-17(22)16(19)14-5-3-2-4-6-14/h2-11,16H,1H3,(H,20,21,22)/t16-/m0/s1. The van der Waals surface area contributed by atoms with Crippen LogP contribution in [0.2, 0.25) is 0 Å². The number of amides is 1. The first-order valence-electron chi connectivity index (χ1n) is 7.16. The number of carbonyl (C=O) groups is 1. The van der Waals surface area contributed by atoms with Gasteiger partial charge in [-0.3, -0.25) is 4.79 Å². The van der Waals surface area contributed by atoms with Crippen molar-refractivity contribution in [3.8, 4) is 11.3 Å². The van der Waals surface area contributed by atoms with Crippen LogP contribution in [0.15, 0.2) is 60.0 Å². The van der Waals surface area contributed by atoms with Gasteiger partial charge in [0, 0.05) is 10.9 Å². The zero-order valence-corrected chi connectivity index (χ0v) is 14.1. The lowest BCUT2D eigenvalue weighted by molar-refractivity contribution is -0.116. The van der Waals surface area contributed by atoms with Crippen molar-refractivity contribution in [1.82, 2.24) is 4.98 Å². The van der Waals surface area contributed by atoms with E-state index < -0.39 is 5.38 Å². The summed E-state index contributed by atoms with van der Waals surface area (Å²) in [5.74, 6) is -0.275. The summed E-state index contributed by atoms with van der Waals surface area (Å²) >= 11 is 7.60. The van der Waals surface area contributed by atoms with Gasteiger partial charge in [-0.2, -0.15) is 0 Å². The fraction of sp³-hybridized carbons (Fsp3) is 0.111. The molecule has 1 N–H and O–H groups in total. The van der Waals surface area contributed by atoms with Gasteiger partial charge in [-0.1, -0.05) is 60.2 Å². The maximum atomic E-state index is 12.2. The molecular weight excluding hydrogens is 328 g/mol. The van der Waals surface area contributed by atoms with Crippen LogP contribution in [0.1, 0.15) is 16.5 Å². The molecule has 1 aromatic heterocycles. The number of nitrogens with zero attached hydrogens (tertiary/aromatic N) is 1. The topological polar surface area (TPSA) is 42.0 Å². The van der Waals surface area contributed by atoms with E-state index in [2.05, 4.69) is 10.3 Å². The van der Waals surface area contributed by atoms with Gasteiger partial charge in [-0.05, 0) is 12.5 Å². The number of aryl methyl sites for hydroxylation is 1. The lowest BCUT2D eigenvalue weighted by atomic mass is 10.1. The number of halogens is 1. The number of carbonyl (C=O) groups excluding carboxylic acids is 1. The molecule has 0 spiro atoms. The Morgan fingerprint density at radius 3 is 2.52 bits per heavy atom. The lowest BCUT2D eigenvalue weighted by Gasteiger charge is -2.08. The summed E-state index contributed by atoms with van der Waals surface area (Å²) in [5.41, 5.74) is 3.83. The maximum absolute atomic E-state index is 12.2. The third-order valence-corrected chi connectivity index (χ3v) is 4.61. The highest BCUT2D eigenvalue weighted by Crippen LogP contribution is 2.27. The number of aromatic nitrogens is 1. The predicted octanol–water partition coefficient (Wildman–Crippen LogP) is 5.04. The van der Waals surface area contributed by atoms with Crippen molar-refractivity contribution < 1.29 is 4.79 Å². The first-order valence-corrected chi connectivity index (χ1v) is 8.47. The van der Waals surface area contributed by atoms with Crippen LogP contribution in [0.25, 0.3) is 11.3 Å². The number of anilines is 1. The summed E-state index contributed by atoms with van der Waals surface area (Å²) in [5, 5.41) is 4.52. The van der Waals surface area contributed by atoms with Crippen LogP contribution in [-0.2, 0) is 4.79 Å². The molecule has 2 aromatic carbocycles. The molecule has 3 aromatic rings. The molecule has 0 bridgehead atoms. The van der Waals surface area contributed by atoms with Crippen molar-refractivity contribution in [1.29, 1.82) is 0 Å². The Kier molecular flexibility index (Phi) is 4.74. The number of rotatable bonds is 4. The average molecular weight is 343 g/mol. The number of hydrogen-bond donors (Lipinski definition) is 1. The fourth-order valence-corrected chi connectivity index (χ4v) is 3.05. The van der Waals surface area contributed by atoms with Gasteiger partial charge in [-0.15, -0.1) is 22.9 Å². The molecule has 5 heteroatoms. The predicted molar refractivity (Wildman–Crippen MR) is 96.0 cm³/mol. The summed E-state index contributed by atoms with van der Waals surface area (Å²) < 4.78 is 0. The van der Waals surface area contributed by atoms with Gasteiger partial charge in [0.25, 0.3) is 0 Å². The summed E-state index contributed by atoms with van der Waals surface area (Å²) in [4.78, 5) is 16.7. The van der Waals surface area contributed by atoms with Gasteiger partial charge >= 0.3 is 0 Å². The van der Waals surface area contributed by atoms with Crippen LogP contribution in [0, 0.1) is 6.92 Å². The highest BCUT2D eigenvalue weighted by atomic mass is 35.5. The van der Waals surface area contributed by atoms with Gasteiger partial charge in [0.15, 0.2) is 5.13 Å². The highest BCUT2D eigenvalue weighted by molar-refractivity contribution is 7.14. The zero-order chi connectivity index (χ0) is 16.2. The van der Waals surface area contributed by atoms with Crippen molar-refractivity contribution >= 4 is 34.0 Å². The molecular formula is C18H15ClN2OS. The first-order chi connectivity index (χ1) is 11.1. The van der Waals surface area contributed by atoms with Gasteiger partial charge in [0.05, 0.1) is 5.69 Å². The molecule has 0 aliphatic rings. The van der Waals surface area contributed by atoms with Crippen LogP contribution in [0.3, 0.4) is 0 Å². The van der Waals surface area contributed by atoms with E-state index in [1.165, 1.54) is 16.9 Å². The van der Waals surface area contributed by atoms with Crippen molar-refractivity contribution in [3.63, 3.8) is 0 Å². The minimum atomic E-state index is -0.733. The molecule has 0 aliphatic carbocycles.